The molecule has 0 bridgehead atoms. The number of hydrogen-bond donors (Lipinski definition) is 1. The molecule has 6 heavy (non-hydrogen) atoms. The van der Waals surface area contributed by atoms with E-state index in [1.54, 1.807) is 0 Å². The van der Waals surface area contributed by atoms with E-state index in [1.165, 1.54) is 7.05 Å². The van der Waals surface area contributed by atoms with Crippen LogP contribution in [0.2, 0.25) is 0 Å². The second-order valence-electron chi connectivity index (χ2n) is 0.519. The van der Waals surface area contributed by atoms with Gasteiger partial charge in [0.25, 0.3) is 0 Å². The summed E-state index contributed by atoms with van der Waals surface area (Å²) in [4.78, 5) is 0. The molecule has 0 amide bonds. The van der Waals surface area contributed by atoms with Crippen molar-refractivity contribution in [1.29, 1.82) is 0 Å². The number of nitrogens with one attached hydrogen (secondary N) is 1. The van der Waals surface area contributed by atoms with Crippen LogP contribution in [0.15, 0.2) is 0 Å². The summed E-state index contributed by atoms with van der Waals surface area (Å²) in [6.07, 6.45) is 0. The van der Waals surface area contributed by atoms with Crippen LogP contribution in [0.25, 0.3) is 0 Å². The maximum atomic E-state index is 9.43. The maximum absolute atomic E-state index is 9.43. The predicted molar refractivity (Wildman–Crippen MR) is 11.5 cm³/mol. The number of hydrogen-bond acceptors (Lipinski definition) is 4. The van der Waals surface area contributed by atoms with Crippen LogP contribution in [0.5, 0.6) is 0 Å². The van der Waals surface area contributed by atoms with Crippen molar-refractivity contribution in [2.75, 3.05) is 7.05 Å². The van der Waals surface area contributed by atoms with E-state index in [2.05, 4.69) is 3.76 Å². The van der Waals surface area contributed by atoms with Crippen LogP contribution in [0.1, 0.15) is 0 Å². The van der Waals surface area contributed by atoms with Gasteiger partial charge in [-0.1, -0.05) is 0 Å². The third-order valence-electron chi connectivity index (χ3n) is 0.166. The monoisotopic (exact) mass is 129 g/mol. The fourth-order valence-corrected chi connectivity index (χ4v) is 0.307. The van der Waals surface area contributed by atoms with Gasteiger partial charge in [0.05, 0.1) is 0 Å². The predicted octanol–water partition coefficient (Wildman–Crippen LogP) is -0.638. The normalized spacial score (nSPS) is 8.17. The van der Waals surface area contributed by atoms with Crippen LogP contribution < -0.4 is 5.48 Å². The second-order valence-corrected chi connectivity index (χ2v) is 1.50. The Kier molecular flexibility index (Phi) is 3.36. The average molecular weight is 129 g/mol. The Balaban J connectivity index is 3.07. The van der Waals surface area contributed by atoms with Crippen molar-refractivity contribution in [3.63, 3.8) is 0 Å². The van der Waals surface area contributed by atoms with E-state index < -0.39 is 15.4 Å². The minimum atomic E-state index is -3.34. The van der Waals surface area contributed by atoms with Crippen LogP contribution in [-0.2, 0) is 26.5 Å². The summed E-state index contributed by atoms with van der Waals surface area (Å²) in [7, 11) is 1.39. The summed E-state index contributed by atoms with van der Waals surface area (Å²) < 4.78 is 22.7. The quantitative estimate of drug-likeness (QED) is 0.504. The van der Waals surface area contributed by atoms with E-state index in [1.807, 2.05) is 5.48 Å². The van der Waals surface area contributed by atoms with E-state index in [-0.39, 0.29) is 0 Å². The Bertz CT molecular complexity index is 78.8. The van der Waals surface area contributed by atoms with Gasteiger partial charge >= 0.3 is 39.0 Å². The third kappa shape index (κ3) is 4.10. The first-order valence-electron chi connectivity index (χ1n) is 1.25. The third-order valence-corrected chi connectivity index (χ3v) is 0.684. The van der Waals surface area contributed by atoms with Crippen LogP contribution in [0, 0.1) is 0 Å². The minimum absolute atomic E-state index is 1.39. The molecule has 0 aliphatic rings. The molecular formula is CH4NO3V. The van der Waals surface area contributed by atoms with Gasteiger partial charge in [0.15, 0.2) is 0 Å². The van der Waals surface area contributed by atoms with Crippen molar-refractivity contribution in [3.8, 4) is 0 Å². The molecule has 0 heterocycles. The summed E-state index contributed by atoms with van der Waals surface area (Å²) in [5, 5.41) is 0. The molecule has 0 saturated carbocycles. The van der Waals surface area contributed by atoms with Gasteiger partial charge in [0, 0.05) is 0 Å². The van der Waals surface area contributed by atoms with Crippen molar-refractivity contribution in [1.82, 2.24) is 5.48 Å². The zero-order valence-electron chi connectivity index (χ0n) is 3.17. The van der Waals surface area contributed by atoms with Gasteiger partial charge in [-0.3, -0.25) is 0 Å². The van der Waals surface area contributed by atoms with Crippen LogP contribution in [0.3, 0.4) is 0 Å². The summed E-state index contributed by atoms with van der Waals surface area (Å²) in [6.45, 7) is 0. The molecule has 0 radical (unpaired) electrons. The second kappa shape index (κ2) is 3.30. The number of hydroxylamine groups is 1. The Morgan fingerprint density at radius 2 is 2.17 bits per heavy atom. The van der Waals surface area contributed by atoms with Crippen molar-refractivity contribution in [2.24, 2.45) is 0 Å². The zero-order valence-corrected chi connectivity index (χ0v) is 4.57. The Morgan fingerprint density at radius 3 is 2.17 bits per heavy atom. The Hall–Kier alpha value is 0.104. The van der Waals surface area contributed by atoms with E-state index in [4.69, 9.17) is 0 Å². The Morgan fingerprint density at radius 1 is 1.67 bits per heavy atom. The van der Waals surface area contributed by atoms with Gasteiger partial charge in [0.2, 0.25) is 0 Å². The van der Waals surface area contributed by atoms with Gasteiger partial charge < -0.3 is 0 Å². The summed E-state index contributed by atoms with van der Waals surface area (Å²) in [5.74, 6) is 0. The molecule has 0 unspecified atom stereocenters. The fraction of sp³-hybridized carbons (Fsp3) is 1.00. The van der Waals surface area contributed by atoms with Gasteiger partial charge in [0.1, 0.15) is 0 Å². The first-order chi connectivity index (χ1) is 2.77. The van der Waals surface area contributed by atoms with Crippen molar-refractivity contribution in [3.05, 3.63) is 0 Å². The molecule has 0 atom stereocenters. The standard InChI is InChI=1S/CH4NO.2O.V/c1-2-3;;;/h2H,1H3;;;/q-1;;;+1. The fourth-order valence-electron chi connectivity index (χ4n) is 0.0745. The molecule has 0 aromatic heterocycles. The van der Waals surface area contributed by atoms with Gasteiger partial charge in [-0.15, -0.1) is 0 Å². The molecule has 0 aliphatic carbocycles. The number of rotatable bonds is 2. The summed E-state index contributed by atoms with van der Waals surface area (Å²) >= 11 is -3.34. The van der Waals surface area contributed by atoms with Gasteiger partial charge in [-0.25, -0.2) is 0 Å². The molecular weight excluding hydrogens is 125 g/mol. The van der Waals surface area contributed by atoms with E-state index >= 15 is 0 Å². The molecule has 0 saturated heterocycles. The first-order valence-corrected chi connectivity index (χ1v) is 2.96. The topological polar surface area (TPSA) is 55.4 Å². The summed E-state index contributed by atoms with van der Waals surface area (Å²) in [5.41, 5.74) is 2.01. The van der Waals surface area contributed by atoms with Gasteiger partial charge in [-0.05, 0) is 0 Å². The van der Waals surface area contributed by atoms with Gasteiger partial charge in [-0.2, -0.15) is 0 Å². The molecule has 36 valence electrons. The molecule has 0 rings (SSSR count). The Labute approximate surface area is 39.8 Å². The molecule has 1 N–H and O–H groups in total. The molecule has 0 spiro atoms. The van der Waals surface area contributed by atoms with Crippen molar-refractivity contribution >= 4 is 0 Å². The SMILES string of the molecule is CN[O][V](=[O])=[O]. The average Bonchev–Trinajstić information content (AvgIpc) is 1.35. The van der Waals surface area contributed by atoms with Crippen LogP contribution >= 0.6 is 0 Å². The van der Waals surface area contributed by atoms with E-state index in [9.17, 15) is 7.35 Å². The van der Waals surface area contributed by atoms with E-state index in [0.29, 0.717) is 0 Å². The molecule has 0 aromatic rings. The van der Waals surface area contributed by atoms with Crippen LogP contribution in [-0.4, -0.2) is 7.05 Å². The van der Waals surface area contributed by atoms with E-state index in [0.717, 1.165) is 0 Å². The molecule has 0 fully saturated rings. The first kappa shape index (κ1) is 6.10. The van der Waals surface area contributed by atoms with Crippen molar-refractivity contribution in [2.45, 2.75) is 0 Å². The molecule has 0 aliphatic heterocycles. The summed E-state index contributed by atoms with van der Waals surface area (Å²) in [6, 6.07) is 0. The van der Waals surface area contributed by atoms with Crippen LogP contribution in [0.4, 0.5) is 0 Å². The zero-order chi connectivity index (χ0) is 4.99. The molecule has 4 nitrogen and oxygen atoms in total. The molecule has 5 heteroatoms. The van der Waals surface area contributed by atoms with Crippen molar-refractivity contribution < 1.29 is 26.5 Å². The molecule has 0 aromatic carbocycles.